The van der Waals surface area contributed by atoms with E-state index in [0.717, 1.165) is 23.5 Å². The number of ketones is 1. The van der Waals surface area contributed by atoms with Gasteiger partial charge in [-0.3, -0.25) is 4.79 Å². The molecule has 0 aliphatic rings. The number of nitrogens with zero attached hydrogens (tertiary/aromatic N) is 1. The van der Waals surface area contributed by atoms with E-state index >= 15 is 0 Å². The Morgan fingerprint density at radius 3 is 2.60 bits per heavy atom. The molecule has 0 aliphatic heterocycles. The predicted octanol–water partition coefficient (Wildman–Crippen LogP) is 4.05. The summed E-state index contributed by atoms with van der Waals surface area (Å²) in [4.78, 5) is 15.7. The van der Waals surface area contributed by atoms with Crippen molar-refractivity contribution >= 4 is 28.7 Å². The van der Waals surface area contributed by atoms with Gasteiger partial charge in [0, 0.05) is 0 Å². The van der Waals surface area contributed by atoms with Crippen LogP contribution in [0.15, 0.2) is 23.6 Å². The van der Waals surface area contributed by atoms with Crippen LogP contribution in [0.1, 0.15) is 20.9 Å². The number of rotatable bonds is 3. The number of pyridine rings is 1. The van der Waals surface area contributed by atoms with Crippen molar-refractivity contribution in [3.05, 3.63) is 44.9 Å². The molecule has 8 heteroatoms. The van der Waals surface area contributed by atoms with Crippen LogP contribution >= 0.6 is 22.9 Å². The van der Waals surface area contributed by atoms with Crippen LogP contribution in [0.3, 0.4) is 0 Å². The normalized spacial score (nSPS) is 11.4. The van der Waals surface area contributed by atoms with Gasteiger partial charge in [0.2, 0.25) is 5.78 Å². The van der Waals surface area contributed by atoms with Crippen LogP contribution < -0.4 is 4.74 Å². The van der Waals surface area contributed by atoms with Crippen LogP contribution in [0.4, 0.5) is 13.2 Å². The molecule has 2 aromatic rings. The SMILES string of the molecule is COc1ccsc1C(=O)c1ccc(C(F)(F)F)nc1Cl. The molecule has 2 rings (SSSR count). The lowest BCUT2D eigenvalue weighted by molar-refractivity contribution is -0.141. The molecule has 0 saturated carbocycles. The van der Waals surface area contributed by atoms with Gasteiger partial charge in [-0.15, -0.1) is 11.3 Å². The van der Waals surface area contributed by atoms with E-state index in [2.05, 4.69) is 4.98 Å². The Hall–Kier alpha value is -1.60. The Balaban J connectivity index is 2.42. The second-order valence-electron chi connectivity index (χ2n) is 3.68. The largest absolute Gasteiger partial charge is 0.495 e. The highest BCUT2D eigenvalue weighted by molar-refractivity contribution is 7.12. The first kappa shape index (κ1) is 14.8. The molecule has 106 valence electrons. The zero-order chi connectivity index (χ0) is 14.9. The Morgan fingerprint density at radius 2 is 2.05 bits per heavy atom. The average Bonchev–Trinajstić information content (AvgIpc) is 2.85. The number of hydrogen-bond acceptors (Lipinski definition) is 4. The number of halogens is 4. The van der Waals surface area contributed by atoms with Gasteiger partial charge in [0.1, 0.15) is 21.5 Å². The van der Waals surface area contributed by atoms with Crippen molar-refractivity contribution in [3.8, 4) is 5.75 Å². The van der Waals surface area contributed by atoms with Crippen molar-refractivity contribution in [2.45, 2.75) is 6.18 Å². The average molecular weight is 322 g/mol. The van der Waals surface area contributed by atoms with Crippen molar-refractivity contribution in [1.82, 2.24) is 4.98 Å². The van der Waals surface area contributed by atoms with Gasteiger partial charge in [0.25, 0.3) is 0 Å². The van der Waals surface area contributed by atoms with Gasteiger partial charge >= 0.3 is 6.18 Å². The molecular weight excluding hydrogens is 315 g/mol. The second kappa shape index (κ2) is 5.41. The molecule has 0 aromatic carbocycles. The molecule has 20 heavy (non-hydrogen) atoms. The Bertz CT molecular complexity index is 654. The summed E-state index contributed by atoms with van der Waals surface area (Å²) in [5, 5.41) is 1.15. The predicted molar refractivity (Wildman–Crippen MR) is 68.6 cm³/mol. The van der Waals surface area contributed by atoms with Gasteiger partial charge < -0.3 is 4.74 Å². The van der Waals surface area contributed by atoms with Crippen molar-refractivity contribution in [1.29, 1.82) is 0 Å². The summed E-state index contributed by atoms with van der Waals surface area (Å²) in [6.07, 6.45) is -4.61. The molecule has 0 saturated heterocycles. The zero-order valence-corrected chi connectivity index (χ0v) is 11.6. The first-order valence-electron chi connectivity index (χ1n) is 5.24. The molecule has 0 radical (unpaired) electrons. The maximum Gasteiger partial charge on any atom is 0.433 e. The zero-order valence-electron chi connectivity index (χ0n) is 9.99. The third kappa shape index (κ3) is 2.78. The minimum atomic E-state index is -4.61. The van der Waals surface area contributed by atoms with Gasteiger partial charge in [-0.05, 0) is 23.6 Å². The molecule has 2 aromatic heterocycles. The summed E-state index contributed by atoms with van der Waals surface area (Å²) in [7, 11) is 1.39. The van der Waals surface area contributed by atoms with E-state index in [-0.39, 0.29) is 10.4 Å². The molecule has 2 heterocycles. The van der Waals surface area contributed by atoms with Gasteiger partial charge in [0.05, 0.1) is 12.7 Å². The third-order valence-electron chi connectivity index (χ3n) is 2.44. The van der Waals surface area contributed by atoms with Crippen LogP contribution in [0.25, 0.3) is 0 Å². The summed E-state index contributed by atoms with van der Waals surface area (Å²) in [6.45, 7) is 0. The maximum atomic E-state index is 12.5. The number of ether oxygens (including phenoxy) is 1. The maximum absolute atomic E-state index is 12.5. The van der Waals surface area contributed by atoms with Crippen molar-refractivity contribution in [2.24, 2.45) is 0 Å². The highest BCUT2D eigenvalue weighted by Crippen LogP contribution is 2.32. The summed E-state index contributed by atoms with van der Waals surface area (Å²) < 4.78 is 42.4. The summed E-state index contributed by atoms with van der Waals surface area (Å²) in [5.74, 6) is -0.181. The highest BCUT2D eigenvalue weighted by Gasteiger charge is 2.33. The quantitative estimate of drug-likeness (QED) is 0.632. The lowest BCUT2D eigenvalue weighted by Gasteiger charge is -2.08. The number of thiophene rings is 1. The molecule has 3 nitrogen and oxygen atoms in total. The summed E-state index contributed by atoms with van der Waals surface area (Å²) >= 11 is 6.79. The third-order valence-corrected chi connectivity index (χ3v) is 3.62. The summed E-state index contributed by atoms with van der Waals surface area (Å²) in [6, 6.07) is 3.32. The van der Waals surface area contributed by atoms with E-state index in [4.69, 9.17) is 16.3 Å². The lowest BCUT2D eigenvalue weighted by Crippen LogP contribution is -2.10. The van der Waals surface area contributed by atoms with Gasteiger partial charge in [-0.2, -0.15) is 13.2 Å². The van der Waals surface area contributed by atoms with E-state index in [1.165, 1.54) is 7.11 Å². The highest BCUT2D eigenvalue weighted by atomic mass is 35.5. The van der Waals surface area contributed by atoms with Gasteiger partial charge in [0.15, 0.2) is 0 Å². The van der Waals surface area contributed by atoms with Crippen LogP contribution in [0, 0.1) is 0 Å². The van der Waals surface area contributed by atoms with Crippen molar-refractivity contribution < 1.29 is 22.7 Å². The van der Waals surface area contributed by atoms with E-state index < -0.39 is 22.8 Å². The van der Waals surface area contributed by atoms with Crippen LogP contribution in [0.5, 0.6) is 5.75 Å². The molecule has 0 fully saturated rings. The molecule has 0 amide bonds. The Labute approximate surface area is 121 Å². The fraction of sp³-hybridized carbons (Fsp3) is 0.167. The van der Waals surface area contributed by atoms with E-state index in [1.807, 2.05) is 0 Å². The number of carbonyl (C=O) groups excluding carboxylic acids is 1. The van der Waals surface area contributed by atoms with Crippen LogP contribution in [0.2, 0.25) is 5.15 Å². The Morgan fingerprint density at radius 1 is 1.35 bits per heavy atom. The second-order valence-corrected chi connectivity index (χ2v) is 4.95. The number of alkyl halides is 3. The Kier molecular flexibility index (Phi) is 4.01. The molecule has 0 aliphatic carbocycles. The smallest absolute Gasteiger partial charge is 0.433 e. The van der Waals surface area contributed by atoms with E-state index in [0.29, 0.717) is 5.75 Å². The molecule has 0 unspecified atom stereocenters. The fourth-order valence-electron chi connectivity index (χ4n) is 1.51. The van der Waals surface area contributed by atoms with E-state index in [1.54, 1.807) is 11.4 Å². The van der Waals surface area contributed by atoms with Gasteiger partial charge in [-0.25, -0.2) is 4.98 Å². The summed E-state index contributed by atoms with van der Waals surface area (Å²) in [5.41, 5.74) is -1.24. The molecular formula is C12H7ClF3NO2S. The first-order valence-corrected chi connectivity index (χ1v) is 6.50. The number of aromatic nitrogens is 1. The standard InChI is InChI=1S/C12H7ClF3NO2S/c1-19-7-4-5-20-10(7)9(18)6-2-3-8(12(14,15)16)17-11(6)13/h2-5H,1H3. The number of carbonyl (C=O) groups is 1. The lowest BCUT2D eigenvalue weighted by atomic mass is 10.1. The minimum Gasteiger partial charge on any atom is -0.495 e. The van der Waals surface area contributed by atoms with Crippen LogP contribution in [-0.2, 0) is 6.18 Å². The van der Waals surface area contributed by atoms with Gasteiger partial charge in [-0.1, -0.05) is 11.6 Å². The number of methoxy groups -OCH3 is 1. The van der Waals surface area contributed by atoms with Crippen molar-refractivity contribution in [2.75, 3.05) is 7.11 Å². The minimum absolute atomic E-state index is 0.0968. The number of hydrogen-bond donors (Lipinski definition) is 0. The topological polar surface area (TPSA) is 39.2 Å². The van der Waals surface area contributed by atoms with E-state index in [9.17, 15) is 18.0 Å². The fourth-order valence-corrected chi connectivity index (χ4v) is 2.56. The van der Waals surface area contributed by atoms with Crippen LogP contribution in [-0.4, -0.2) is 17.9 Å². The first-order chi connectivity index (χ1) is 9.34. The monoisotopic (exact) mass is 321 g/mol. The van der Waals surface area contributed by atoms with Crippen molar-refractivity contribution in [3.63, 3.8) is 0 Å². The molecule has 0 bridgehead atoms. The molecule has 0 atom stereocenters. The molecule has 0 N–H and O–H groups in total. The molecule has 0 spiro atoms.